The van der Waals surface area contributed by atoms with Crippen molar-refractivity contribution in [2.24, 2.45) is 0 Å². The zero-order valence-corrected chi connectivity index (χ0v) is 9.42. The molecule has 2 N–H and O–H groups in total. The van der Waals surface area contributed by atoms with Crippen molar-refractivity contribution in [1.82, 2.24) is 0 Å². The zero-order valence-electron chi connectivity index (χ0n) is 9.42. The molecule has 4 nitrogen and oxygen atoms in total. The van der Waals surface area contributed by atoms with Crippen LogP contribution < -0.4 is 5.32 Å². The Kier molecular flexibility index (Phi) is 3.26. The topological polar surface area (TPSA) is 73.1 Å². The van der Waals surface area contributed by atoms with Crippen LogP contribution >= 0.6 is 0 Å². The van der Waals surface area contributed by atoms with Crippen LogP contribution in [0.2, 0.25) is 0 Å². The summed E-state index contributed by atoms with van der Waals surface area (Å²) in [7, 11) is 0. The summed E-state index contributed by atoms with van der Waals surface area (Å²) in [6, 6.07) is 16.3. The van der Waals surface area contributed by atoms with Crippen molar-refractivity contribution in [3.63, 3.8) is 0 Å². The van der Waals surface area contributed by atoms with E-state index in [2.05, 4.69) is 5.32 Å². The van der Waals surface area contributed by atoms with Crippen LogP contribution in [-0.4, -0.2) is 11.2 Å². The van der Waals surface area contributed by atoms with Gasteiger partial charge in [0.15, 0.2) is 0 Å². The van der Waals surface area contributed by atoms with Crippen molar-refractivity contribution in [2.75, 3.05) is 5.32 Å². The van der Waals surface area contributed by atoms with Crippen molar-refractivity contribution >= 4 is 11.8 Å². The number of rotatable bonds is 2. The third-order valence-corrected chi connectivity index (χ3v) is 2.48. The molecule has 0 fully saturated rings. The van der Waals surface area contributed by atoms with Gasteiger partial charge in [0.25, 0.3) is 0 Å². The molecular formula is C14H10N2O2. The second-order valence-corrected chi connectivity index (χ2v) is 3.67. The number of benzene rings is 2. The lowest BCUT2D eigenvalue weighted by Crippen LogP contribution is -2.08. The molecule has 0 bridgehead atoms. The quantitative estimate of drug-likeness (QED) is 0.842. The van der Waals surface area contributed by atoms with Gasteiger partial charge in [-0.3, -0.25) is 5.32 Å². The maximum atomic E-state index is 10.8. The van der Waals surface area contributed by atoms with Gasteiger partial charge in [0.05, 0.1) is 17.3 Å². The minimum Gasteiger partial charge on any atom is -0.465 e. The number of hydrogen-bond donors (Lipinski definition) is 2. The molecule has 4 heteroatoms. The number of nitrogens with zero attached hydrogens (tertiary/aromatic N) is 1. The number of amides is 1. The maximum absolute atomic E-state index is 10.8. The summed E-state index contributed by atoms with van der Waals surface area (Å²) in [6.45, 7) is 0. The standard InChI is InChI=1S/C14H10N2O2/c15-9-10-6-7-12(11-4-2-1-3-5-11)13(8-10)16-14(17)18/h1-8,16H,(H,17,18). The Morgan fingerprint density at radius 1 is 1.17 bits per heavy atom. The molecule has 18 heavy (non-hydrogen) atoms. The highest BCUT2D eigenvalue weighted by Crippen LogP contribution is 2.28. The molecular weight excluding hydrogens is 228 g/mol. The molecule has 2 aromatic carbocycles. The normalized spacial score (nSPS) is 9.50. The number of anilines is 1. The van der Waals surface area contributed by atoms with Crippen molar-refractivity contribution in [2.45, 2.75) is 0 Å². The highest BCUT2D eigenvalue weighted by Gasteiger charge is 2.08. The second kappa shape index (κ2) is 5.02. The SMILES string of the molecule is N#Cc1ccc(-c2ccccc2)c(NC(=O)O)c1. The third kappa shape index (κ3) is 2.47. The second-order valence-electron chi connectivity index (χ2n) is 3.67. The number of hydrogen-bond acceptors (Lipinski definition) is 2. The van der Waals surface area contributed by atoms with Gasteiger partial charge in [-0.15, -0.1) is 0 Å². The van der Waals surface area contributed by atoms with E-state index in [0.717, 1.165) is 11.1 Å². The summed E-state index contributed by atoms with van der Waals surface area (Å²) in [5, 5.41) is 20.0. The van der Waals surface area contributed by atoms with Gasteiger partial charge in [-0.1, -0.05) is 36.4 Å². The summed E-state index contributed by atoms with van der Waals surface area (Å²) in [5.41, 5.74) is 2.47. The number of nitriles is 1. The fraction of sp³-hybridized carbons (Fsp3) is 0. The molecule has 0 aliphatic carbocycles. The average molecular weight is 238 g/mol. The lowest BCUT2D eigenvalue weighted by atomic mass is 10.0. The van der Waals surface area contributed by atoms with E-state index < -0.39 is 6.09 Å². The van der Waals surface area contributed by atoms with Crippen LogP contribution in [0.5, 0.6) is 0 Å². The lowest BCUT2D eigenvalue weighted by Gasteiger charge is -2.09. The summed E-state index contributed by atoms with van der Waals surface area (Å²) >= 11 is 0. The molecule has 0 saturated heterocycles. The fourth-order valence-electron chi connectivity index (χ4n) is 1.70. The van der Waals surface area contributed by atoms with E-state index in [-0.39, 0.29) is 0 Å². The monoisotopic (exact) mass is 238 g/mol. The molecule has 0 radical (unpaired) electrons. The first-order valence-corrected chi connectivity index (χ1v) is 5.30. The predicted octanol–water partition coefficient (Wildman–Crippen LogP) is 3.32. The van der Waals surface area contributed by atoms with E-state index in [0.29, 0.717) is 11.3 Å². The summed E-state index contributed by atoms with van der Waals surface area (Å²) in [4.78, 5) is 10.8. The Bertz CT molecular complexity index is 615. The Labute approximate surface area is 104 Å². The van der Waals surface area contributed by atoms with Crippen molar-refractivity contribution < 1.29 is 9.90 Å². The zero-order chi connectivity index (χ0) is 13.0. The molecule has 0 spiro atoms. The highest BCUT2D eigenvalue weighted by molar-refractivity contribution is 5.91. The Morgan fingerprint density at radius 2 is 1.89 bits per heavy atom. The molecule has 0 saturated carbocycles. The molecule has 0 aliphatic rings. The molecule has 0 aromatic heterocycles. The van der Waals surface area contributed by atoms with Gasteiger partial charge < -0.3 is 5.11 Å². The Balaban J connectivity index is 2.53. The van der Waals surface area contributed by atoms with E-state index in [1.165, 1.54) is 6.07 Å². The average Bonchev–Trinajstić information content (AvgIpc) is 2.39. The predicted molar refractivity (Wildman–Crippen MR) is 68.2 cm³/mol. The molecule has 0 atom stereocenters. The van der Waals surface area contributed by atoms with Gasteiger partial charge in [-0.05, 0) is 17.7 Å². The van der Waals surface area contributed by atoms with Gasteiger partial charge >= 0.3 is 6.09 Å². The van der Waals surface area contributed by atoms with Crippen molar-refractivity contribution in [1.29, 1.82) is 5.26 Å². The number of nitrogens with one attached hydrogen (secondary N) is 1. The van der Waals surface area contributed by atoms with Crippen molar-refractivity contribution in [3.05, 3.63) is 54.1 Å². The number of carbonyl (C=O) groups is 1. The summed E-state index contributed by atoms with van der Waals surface area (Å²) in [6.07, 6.45) is -1.15. The van der Waals surface area contributed by atoms with E-state index in [1.807, 2.05) is 36.4 Å². The van der Waals surface area contributed by atoms with E-state index >= 15 is 0 Å². The Hall–Kier alpha value is -2.80. The third-order valence-electron chi connectivity index (χ3n) is 2.48. The molecule has 0 aliphatic heterocycles. The smallest absolute Gasteiger partial charge is 0.409 e. The van der Waals surface area contributed by atoms with Crippen LogP contribution in [0.15, 0.2) is 48.5 Å². The Morgan fingerprint density at radius 3 is 2.50 bits per heavy atom. The van der Waals surface area contributed by atoms with Crippen LogP contribution in [0.3, 0.4) is 0 Å². The van der Waals surface area contributed by atoms with E-state index in [9.17, 15) is 4.79 Å². The fourth-order valence-corrected chi connectivity index (χ4v) is 1.70. The summed E-state index contributed by atoms with van der Waals surface area (Å²) < 4.78 is 0. The molecule has 2 rings (SSSR count). The molecule has 1 amide bonds. The van der Waals surface area contributed by atoms with Crippen LogP contribution in [-0.2, 0) is 0 Å². The van der Waals surface area contributed by atoms with Crippen LogP contribution in [0.4, 0.5) is 10.5 Å². The first kappa shape index (κ1) is 11.7. The van der Waals surface area contributed by atoms with Gasteiger partial charge in [0.1, 0.15) is 0 Å². The van der Waals surface area contributed by atoms with Gasteiger partial charge in [-0.2, -0.15) is 5.26 Å². The number of carboxylic acid groups (broad SMARTS) is 1. The maximum Gasteiger partial charge on any atom is 0.409 e. The van der Waals surface area contributed by atoms with Gasteiger partial charge in [0, 0.05) is 5.56 Å². The first-order valence-electron chi connectivity index (χ1n) is 5.30. The largest absolute Gasteiger partial charge is 0.465 e. The highest BCUT2D eigenvalue weighted by atomic mass is 16.4. The van der Waals surface area contributed by atoms with Crippen molar-refractivity contribution in [3.8, 4) is 17.2 Å². The van der Waals surface area contributed by atoms with E-state index in [4.69, 9.17) is 10.4 Å². The van der Waals surface area contributed by atoms with Crippen LogP contribution in [0, 0.1) is 11.3 Å². The molecule has 88 valence electrons. The summed E-state index contributed by atoms with van der Waals surface area (Å²) in [5.74, 6) is 0. The van der Waals surface area contributed by atoms with Gasteiger partial charge in [0.2, 0.25) is 0 Å². The minimum absolute atomic E-state index is 0.410. The molecule has 2 aromatic rings. The first-order chi connectivity index (χ1) is 8.70. The van der Waals surface area contributed by atoms with Gasteiger partial charge in [-0.25, -0.2) is 4.79 Å². The van der Waals surface area contributed by atoms with E-state index in [1.54, 1.807) is 12.1 Å². The van der Waals surface area contributed by atoms with Crippen LogP contribution in [0.1, 0.15) is 5.56 Å². The minimum atomic E-state index is -1.15. The molecule has 0 unspecified atom stereocenters. The molecule has 0 heterocycles. The lowest BCUT2D eigenvalue weighted by molar-refractivity contribution is 0.210. The van der Waals surface area contributed by atoms with Crippen LogP contribution in [0.25, 0.3) is 11.1 Å².